The minimum atomic E-state index is -4.47. The number of carbonyl (C=O) groups excluding carboxylic acids is 2. The van der Waals surface area contributed by atoms with Crippen molar-refractivity contribution in [1.82, 2.24) is 10.6 Å². The Kier molecular flexibility index (Phi) is 6.83. The number of methoxy groups -OCH3 is 1. The number of hydrogen-bond donors (Lipinski definition) is 3. The van der Waals surface area contributed by atoms with Gasteiger partial charge >= 0.3 is 18.1 Å². The van der Waals surface area contributed by atoms with E-state index in [1.165, 1.54) is 0 Å². The van der Waals surface area contributed by atoms with Crippen molar-refractivity contribution in [3.05, 3.63) is 0 Å². The molecule has 0 aromatic heterocycles. The number of aliphatic carboxylic acids is 1. The fourth-order valence-corrected chi connectivity index (χ4v) is 1.01. The molecule has 0 bridgehead atoms. The molecule has 0 unspecified atom stereocenters. The zero-order valence-electron chi connectivity index (χ0n) is 9.91. The van der Waals surface area contributed by atoms with Crippen molar-refractivity contribution in [2.24, 2.45) is 0 Å². The summed E-state index contributed by atoms with van der Waals surface area (Å²) >= 11 is 0. The van der Waals surface area contributed by atoms with Crippen LogP contribution in [0.1, 0.15) is 6.42 Å². The molecule has 110 valence electrons. The molecule has 0 spiro atoms. The van der Waals surface area contributed by atoms with Gasteiger partial charge in [-0.3, -0.25) is 9.59 Å². The highest BCUT2D eigenvalue weighted by atomic mass is 19.4. The van der Waals surface area contributed by atoms with Gasteiger partial charge in [0.25, 0.3) is 0 Å². The first kappa shape index (κ1) is 17.2. The molecule has 0 saturated carbocycles. The molecule has 0 fully saturated rings. The van der Waals surface area contributed by atoms with Crippen molar-refractivity contribution in [3.8, 4) is 0 Å². The molecule has 0 saturated heterocycles. The maximum absolute atomic E-state index is 11.8. The standard InChI is InChI=1S/C9H13F3N2O5/c1-19-7(16)2-5(8(17)18)14-6(15)3-13-4-9(10,11)12/h5,13H,2-4H2,1H3,(H,14,15)(H,17,18)/t5-/m0/s1. The smallest absolute Gasteiger partial charge is 0.401 e. The molecule has 7 nitrogen and oxygen atoms in total. The SMILES string of the molecule is COC(=O)C[C@H](NC(=O)CNCC(F)(F)F)C(=O)O. The second kappa shape index (κ2) is 7.56. The Morgan fingerprint density at radius 1 is 1.32 bits per heavy atom. The molecule has 0 radical (unpaired) electrons. The third kappa shape index (κ3) is 8.83. The number of hydrogen-bond acceptors (Lipinski definition) is 5. The molecule has 1 atom stereocenters. The highest BCUT2D eigenvalue weighted by Crippen LogP contribution is 2.11. The molecule has 0 aliphatic heterocycles. The third-order valence-electron chi connectivity index (χ3n) is 1.84. The Hall–Kier alpha value is -1.84. The number of ether oxygens (including phenoxy) is 1. The van der Waals surface area contributed by atoms with E-state index in [9.17, 15) is 27.6 Å². The second-order valence-electron chi connectivity index (χ2n) is 3.46. The molecule has 0 rings (SSSR count). The molecule has 0 aliphatic rings. The van der Waals surface area contributed by atoms with Crippen LogP contribution in [0.5, 0.6) is 0 Å². The van der Waals surface area contributed by atoms with E-state index in [1.807, 2.05) is 5.32 Å². The quantitative estimate of drug-likeness (QED) is 0.533. The average molecular weight is 286 g/mol. The normalized spacial score (nSPS) is 12.6. The van der Waals surface area contributed by atoms with E-state index in [2.05, 4.69) is 4.74 Å². The summed E-state index contributed by atoms with van der Waals surface area (Å²) in [5, 5.41) is 12.4. The fraction of sp³-hybridized carbons (Fsp3) is 0.667. The summed E-state index contributed by atoms with van der Waals surface area (Å²) in [6, 6.07) is -1.55. The third-order valence-corrected chi connectivity index (χ3v) is 1.84. The number of carbonyl (C=O) groups is 3. The Balaban J connectivity index is 4.18. The van der Waals surface area contributed by atoms with Crippen LogP contribution in [0.2, 0.25) is 0 Å². The topological polar surface area (TPSA) is 105 Å². The maximum Gasteiger partial charge on any atom is 0.401 e. The van der Waals surface area contributed by atoms with Gasteiger partial charge in [-0.05, 0) is 0 Å². The first-order chi connectivity index (χ1) is 8.65. The van der Waals surface area contributed by atoms with Crippen LogP contribution < -0.4 is 10.6 Å². The fourth-order valence-electron chi connectivity index (χ4n) is 1.01. The van der Waals surface area contributed by atoms with Gasteiger partial charge in [-0.1, -0.05) is 0 Å². The van der Waals surface area contributed by atoms with Crippen molar-refractivity contribution < 1.29 is 37.4 Å². The Morgan fingerprint density at radius 3 is 2.32 bits per heavy atom. The maximum atomic E-state index is 11.8. The predicted octanol–water partition coefficient (Wildman–Crippen LogP) is -0.729. The van der Waals surface area contributed by atoms with Crippen molar-refractivity contribution in [1.29, 1.82) is 0 Å². The van der Waals surface area contributed by atoms with Crippen LogP contribution in [0.25, 0.3) is 0 Å². The summed E-state index contributed by atoms with van der Waals surface area (Å²) in [4.78, 5) is 32.7. The molecule has 3 N–H and O–H groups in total. The molecule has 0 aromatic rings. The molecular formula is C9H13F3N2O5. The number of esters is 1. The lowest BCUT2D eigenvalue weighted by Crippen LogP contribution is -2.46. The zero-order valence-corrected chi connectivity index (χ0v) is 9.91. The van der Waals surface area contributed by atoms with Gasteiger partial charge in [-0.2, -0.15) is 13.2 Å². The van der Waals surface area contributed by atoms with Crippen LogP contribution in [0.3, 0.4) is 0 Å². The van der Waals surface area contributed by atoms with Crippen molar-refractivity contribution in [3.63, 3.8) is 0 Å². The number of rotatable bonds is 7. The van der Waals surface area contributed by atoms with E-state index >= 15 is 0 Å². The van der Waals surface area contributed by atoms with Crippen LogP contribution in [0.4, 0.5) is 13.2 Å². The predicted molar refractivity (Wildman–Crippen MR) is 55.1 cm³/mol. The molecular weight excluding hydrogens is 273 g/mol. The van der Waals surface area contributed by atoms with Gasteiger partial charge in [0.1, 0.15) is 6.04 Å². The summed E-state index contributed by atoms with van der Waals surface area (Å²) < 4.78 is 39.5. The highest BCUT2D eigenvalue weighted by Gasteiger charge is 2.27. The van der Waals surface area contributed by atoms with Gasteiger partial charge < -0.3 is 20.5 Å². The number of halogens is 3. The van der Waals surface area contributed by atoms with Crippen LogP contribution >= 0.6 is 0 Å². The van der Waals surface area contributed by atoms with Crippen LogP contribution in [-0.2, 0) is 19.1 Å². The number of carboxylic acids is 1. The van der Waals surface area contributed by atoms with Gasteiger partial charge in [-0.25, -0.2) is 4.79 Å². The second-order valence-corrected chi connectivity index (χ2v) is 3.46. The Labute approximate surface area is 106 Å². The molecule has 1 amide bonds. The van der Waals surface area contributed by atoms with Gasteiger partial charge in [0.15, 0.2) is 0 Å². The minimum Gasteiger partial charge on any atom is -0.480 e. The van der Waals surface area contributed by atoms with Gasteiger partial charge in [0.05, 0.1) is 26.6 Å². The van der Waals surface area contributed by atoms with E-state index in [4.69, 9.17) is 5.11 Å². The summed E-state index contributed by atoms with van der Waals surface area (Å²) in [5.41, 5.74) is 0. The molecule has 0 heterocycles. The van der Waals surface area contributed by atoms with Gasteiger partial charge in [-0.15, -0.1) is 0 Å². The Morgan fingerprint density at radius 2 is 1.89 bits per heavy atom. The lowest BCUT2D eigenvalue weighted by atomic mass is 10.2. The number of nitrogens with one attached hydrogen (secondary N) is 2. The molecule has 19 heavy (non-hydrogen) atoms. The molecule has 0 aliphatic carbocycles. The number of carboxylic acid groups (broad SMARTS) is 1. The van der Waals surface area contributed by atoms with E-state index < -0.39 is 49.6 Å². The van der Waals surface area contributed by atoms with Crippen LogP contribution in [0, 0.1) is 0 Å². The van der Waals surface area contributed by atoms with Crippen molar-refractivity contribution >= 4 is 17.8 Å². The minimum absolute atomic E-state index is 0.614. The monoisotopic (exact) mass is 286 g/mol. The highest BCUT2D eigenvalue weighted by molar-refractivity contribution is 5.87. The van der Waals surface area contributed by atoms with E-state index in [0.29, 0.717) is 0 Å². The van der Waals surface area contributed by atoms with Crippen molar-refractivity contribution in [2.75, 3.05) is 20.2 Å². The van der Waals surface area contributed by atoms with Crippen LogP contribution in [-0.4, -0.2) is 55.4 Å². The zero-order chi connectivity index (χ0) is 15.1. The van der Waals surface area contributed by atoms with Crippen LogP contribution in [0.15, 0.2) is 0 Å². The lowest BCUT2D eigenvalue weighted by molar-refractivity contribution is -0.148. The van der Waals surface area contributed by atoms with Gasteiger partial charge in [0, 0.05) is 0 Å². The lowest BCUT2D eigenvalue weighted by Gasteiger charge is -2.14. The number of amides is 1. The van der Waals surface area contributed by atoms with E-state index in [0.717, 1.165) is 7.11 Å². The molecule has 10 heteroatoms. The van der Waals surface area contributed by atoms with Gasteiger partial charge in [0.2, 0.25) is 5.91 Å². The number of alkyl halides is 3. The summed E-state index contributed by atoms with van der Waals surface area (Å²) in [6.07, 6.45) is -5.09. The first-order valence-corrected chi connectivity index (χ1v) is 5.02. The van der Waals surface area contributed by atoms with E-state index in [1.54, 1.807) is 5.32 Å². The Bertz CT molecular complexity index is 345. The summed E-state index contributed by atoms with van der Waals surface area (Å²) in [7, 11) is 1.04. The largest absolute Gasteiger partial charge is 0.480 e. The average Bonchev–Trinajstić information content (AvgIpc) is 2.25. The summed E-state index contributed by atoms with van der Waals surface area (Å²) in [5.74, 6) is -3.33. The first-order valence-electron chi connectivity index (χ1n) is 5.02. The summed E-state index contributed by atoms with van der Waals surface area (Å²) in [6.45, 7) is -2.10. The van der Waals surface area contributed by atoms with Crippen molar-refractivity contribution in [2.45, 2.75) is 18.6 Å². The van der Waals surface area contributed by atoms with E-state index in [-0.39, 0.29) is 0 Å². The molecule has 0 aromatic carbocycles.